The smallest absolute Gasteiger partial charge is 0.326 e. The number of nitrogens with two attached hydrogens (primary N) is 1. The van der Waals surface area contributed by atoms with Gasteiger partial charge in [0.25, 0.3) is 11.5 Å². The molecular weight excluding hydrogens is 308 g/mol. The number of anilines is 1. The summed E-state index contributed by atoms with van der Waals surface area (Å²) in [5.74, 6) is -0.614. The summed E-state index contributed by atoms with van der Waals surface area (Å²) in [6.45, 7) is 1.81. The molecule has 1 heterocycles. The van der Waals surface area contributed by atoms with Crippen LogP contribution in [0.25, 0.3) is 10.8 Å². The number of aromatic amines is 2. The highest BCUT2D eigenvalue weighted by molar-refractivity contribution is 5.97. The van der Waals surface area contributed by atoms with E-state index in [0.29, 0.717) is 0 Å². The first kappa shape index (κ1) is 15.5. The van der Waals surface area contributed by atoms with Crippen molar-refractivity contribution < 1.29 is 4.79 Å². The number of benzene rings is 2. The molecule has 24 heavy (non-hydrogen) atoms. The Labute approximate surface area is 136 Å². The lowest BCUT2D eigenvalue weighted by atomic mass is 10.0. The minimum absolute atomic E-state index is 0.239. The van der Waals surface area contributed by atoms with Crippen LogP contribution in [0.2, 0.25) is 0 Å². The van der Waals surface area contributed by atoms with Crippen LogP contribution in [0.5, 0.6) is 0 Å². The SMILES string of the molecule is C[C@@H](NC(=O)c1[nH]c(=O)[nH]c(=O)c1N)c1ccc2ccccc2c1. The number of carbonyl (C=O) groups excluding carboxylic acids is 1. The van der Waals surface area contributed by atoms with Crippen molar-refractivity contribution in [3.05, 3.63) is 74.6 Å². The van der Waals surface area contributed by atoms with Crippen LogP contribution in [0.1, 0.15) is 29.0 Å². The van der Waals surface area contributed by atoms with Crippen molar-refractivity contribution in [2.45, 2.75) is 13.0 Å². The van der Waals surface area contributed by atoms with Crippen molar-refractivity contribution in [1.82, 2.24) is 15.3 Å². The van der Waals surface area contributed by atoms with E-state index in [1.165, 1.54) is 0 Å². The van der Waals surface area contributed by atoms with Gasteiger partial charge in [-0.3, -0.25) is 14.6 Å². The summed E-state index contributed by atoms with van der Waals surface area (Å²) >= 11 is 0. The predicted molar refractivity (Wildman–Crippen MR) is 91.9 cm³/mol. The number of hydrogen-bond acceptors (Lipinski definition) is 4. The topological polar surface area (TPSA) is 121 Å². The maximum Gasteiger partial charge on any atom is 0.326 e. The van der Waals surface area contributed by atoms with Gasteiger partial charge in [-0.05, 0) is 29.3 Å². The Morgan fingerprint density at radius 3 is 2.54 bits per heavy atom. The zero-order chi connectivity index (χ0) is 17.3. The fourth-order valence-electron chi connectivity index (χ4n) is 2.50. The second kappa shape index (κ2) is 6.04. The number of aromatic nitrogens is 2. The van der Waals surface area contributed by atoms with Crippen LogP contribution >= 0.6 is 0 Å². The highest BCUT2D eigenvalue weighted by atomic mass is 16.2. The molecule has 0 aliphatic heterocycles. The van der Waals surface area contributed by atoms with Crippen molar-refractivity contribution in [2.75, 3.05) is 5.73 Å². The third-order valence-corrected chi connectivity index (χ3v) is 3.83. The zero-order valence-electron chi connectivity index (χ0n) is 12.9. The average molecular weight is 324 g/mol. The molecule has 5 N–H and O–H groups in total. The standard InChI is InChI=1S/C17H16N4O3/c1-9(11-7-6-10-4-2-3-5-12(10)8-11)19-16(23)14-13(18)15(22)21-17(24)20-14/h2-9H,18H2,1H3,(H,19,23)(H2,20,21,22,24)/t9-/m1/s1. The molecule has 0 saturated carbocycles. The summed E-state index contributed by atoms with van der Waals surface area (Å²) in [5.41, 5.74) is 4.33. The van der Waals surface area contributed by atoms with E-state index in [4.69, 9.17) is 5.73 Å². The molecule has 0 aliphatic rings. The number of nitrogens with one attached hydrogen (secondary N) is 3. The predicted octanol–water partition coefficient (Wildman–Crippen LogP) is 1.29. The van der Waals surface area contributed by atoms with Crippen molar-refractivity contribution >= 4 is 22.4 Å². The van der Waals surface area contributed by atoms with Gasteiger partial charge in [-0.2, -0.15) is 0 Å². The first-order valence-electron chi connectivity index (χ1n) is 7.37. The zero-order valence-corrected chi connectivity index (χ0v) is 12.9. The molecule has 0 aliphatic carbocycles. The molecule has 1 atom stereocenters. The second-order valence-electron chi connectivity index (χ2n) is 5.50. The number of nitrogen functional groups attached to an aromatic ring is 1. The third-order valence-electron chi connectivity index (χ3n) is 3.83. The van der Waals surface area contributed by atoms with Gasteiger partial charge in [0.05, 0.1) is 6.04 Å². The van der Waals surface area contributed by atoms with Gasteiger partial charge >= 0.3 is 5.69 Å². The molecule has 0 radical (unpaired) electrons. The lowest BCUT2D eigenvalue weighted by molar-refractivity contribution is 0.0935. The fourth-order valence-corrected chi connectivity index (χ4v) is 2.50. The van der Waals surface area contributed by atoms with Crippen LogP contribution in [0, 0.1) is 0 Å². The molecule has 0 unspecified atom stereocenters. The van der Waals surface area contributed by atoms with Gasteiger partial charge in [-0.15, -0.1) is 0 Å². The number of fused-ring (bicyclic) bond motifs is 1. The number of amides is 1. The van der Waals surface area contributed by atoms with Crippen LogP contribution in [0.15, 0.2) is 52.1 Å². The normalized spacial score (nSPS) is 12.0. The minimum atomic E-state index is -0.790. The second-order valence-corrected chi connectivity index (χ2v) is 5.50. The molecule has 3 aromatic rings. The van der Waals surface area contributed by atoms with Crippen molar-refractivity contribution in [3.63, 3.8) is 0 Å². The Kier molecular flexibility index (Phi) is 3.91. The number of carbonyl (C=O) groups is 1. The van der Waals surface area contributed by atoms with Crippen molar-refractivity contribution in [1.29, 1.82) is 0 Å². The molecule has 122 valence electrons. The van der Waals surface area contributed by atoms with E-state index in [2.05, 4.69) is 10.3 Å². The van der Waals surface area contributed by atoms with Gasteiger partial charge in [0.1, 0.15) is 11.4 Å². The Balaban J connectivity index is 1.88. The van der Waals surface area contributed by atoms with E-state index in [1.54, 1.807) is 0 Å². The monoisotopic (exact) mass is 324 g/mol. The van der Waals surface area contributed by atoms with Gasteiger partial charge in [-0.1, -0.05) is 36.4 Å². The third kappa shape index (κ3) is 2.91. The molecule has 3 rings (SSSR count). The van der Waals surface area contributed by atoms with Crippen LogP contribution < -0.4 is 22.3 Å². The first-order valence-corrected chi connectivity index (χ1v) is 7.37. The minimum Gasteiger partial charge on any atom is -0.392 e. The quantitative estimate of drug-likeness (QED) is 0.580. The molecule has 0 saturated heterocycles. The van der Waals surface area contributed by atoms with Gasteiger partial charge < -0.3 is 16.0 Å². The van der Waals surface area contributed by atoms with E-state index in [0.717, 1.165) is 16.3 Å². The molecular formula is C17H16N4O3. The van der Waals surface area contributed by atoms with E-state index in [9.17, 15) is 14.4 Å². The molecule has 7 heteroatoms. The Hall–Kier alpha value is -3.35. The van der Waals surface area contributed by atoms with E-state index in [-0.39, 0.29) is 17.4 Å². The highest BCUT2D eigenvalue weighted by Gasteiger charge is 2.17. The summed E-state index contributed by atoms with van der Waals surface area (Å²) < 4.78 is 0. The Morgan fingerprint density at radius 1 is 1.08 bits per heavy atom. The number of H-pyrrole nitrogens is 2. The molecule has 0 spiro atoms. The number of rotatable bonds is 3. The fraction of sp³-hybridized carbons (Fsp3) is 0.118. The van der Waals surface area contributed by atoms with Gasteiger partial charge in [0.2, 0.25) is 0 Å². The Bertz CT molecular complexity index is 1040. The molecule has 0 bridgehead atoms. The molecule has 0 fully saturated rings. The van der Waals surface area contributed by atoms with Crippen LogP contribution in [-0.4, -0.2) is 15.9 Å². The van der Waals surface area contributed by atoms with Crippen LogP contribution in [0.3, 0.4) is 0 Å². The van der Waals surface area contributed by atoms with Crippen molar-refractivity contribution in [3.8, 4) is 0 Å². The molecule has 2 aromatic carbocycles. The van der Waals surface area contributed by atoms with E-state index < -0.39 is 17.2 Å². The van der Waals surface area contributed by atoms with Gasteiger partial charge in [0, 0.05) is 0 Å². The van der Waals surface area contributed by atoms with Gasteiger partial charge in [0.15, 0.2) is 0 Å². The van der Waals surface area contributed by atoms with Gasteiger partial charge in [-0.25, -0.2) is 4.79 Å². The highest BCUT2D eigenvalue weighted by Crippen LogP contribution is 2.20. The van der Waals surface area contributed by atoms with Crippen LogP contribution in [-0.2, 0) is 0 Å². The summed E-state index contributed by atoms with van der Waals surface area (Å²) in [4.78, 5) is 39.3. The Morgan fingerprint density at radius 2 is 1.79 bits per heavy atom. The molecule has 7 nitrogen and oxygen atoms in total. The average Bonchev–Trinajstić information content (AvgIpc) is 2.57. The first-order chi connectivity index (χ1) is 11.5. The maximum absolute atomic E-state index is 12.3. The largest absolute Gasteiger partial charge is 0.392 e. The van der Waals surface area contributed by atoms with E-state index in [1.807, 2.05) is 54.4 Å². The molecule has 1 amide bonds. The summed E-state index contributed by atoms with van der Waals surface area (Å²) in [5, 5.41) is 4.89. The van der Waals surface area contributed by atoms with E-state index >= 15 is 0 Å². The summed E-state index contributed by atoms with van der Waals surface area (Å²) in [6, 6.07) is 13.4. The number of hydrogen-bond donors (Lipinski definition) is 4. The maximum atomic E-state index is 12.3. The van der Waals surface area contributed by atoms with Crippen LogP contribution in [0.4, 0.5) is 5.69 Å². The lowest BCUT2D eigenvalue weighted by Gasteiger charge is -2.15. The summed E-state index contributed by atoms with van der Waals surface area (Å²) in [7, 11) is 0. The lowest BCUT2D eigenvalue weighted by Crippen LogP contribution is -2.34. The van der Waals surface area contributed by atoms with Crippen molar-refractivity contribution in [2.24, 2.45) is 0 Å². The molecule has 1 aromatic heterocycles. The summed E-state index contributed by atoms with van der Waals surface area (Å²) in [6.07, 6.45) is 0.